The van der Waals surface area contributed by atoms with Crippen LogP contribution in [0.4, 0.5) is 0 Å². The number of aliphatic carboxylic acids is 1. The van der Waals surface area contributed by atoms with Crippen molar-refractivity contribution in [3.63, 3.8) is 0 Å². The van der Waals surface area contributed by atoms with Gasteiger partial charge in [0.05, 0.1) is 24.8 Å². The van der Waals surface area contributed by atoms with Gasteiger partial charge in [0, 0.05) is 25.5 Å². The first-order valence-corrected chi connectivity index (χ1v) is 9.37. The highest BCUT2D eigenvalue weighted by Gasteiger charge is 2.39. The first kappa shape index (κ1) is 18.4. The predicted octanol–water partition coefficient (Wildman–Crippen LogP) is 0.337. The van der Waals surface area contributed by atoms with E-state index in [4.69, 9.17) is 4.74 Å². The molecule has 1 aliphatic rings. The molecule has 0 amide bonds. The number of benzene rings is 1. The molecule has 0 aliphatic carbocycles. The molecule has 10 heteroatoms. The number of aliphatic hydroxyl groups is 1. The third-order valence-corrected chi connectivity index (χ3v) is 6.28. The number of piperidine rings is 1. The smallest absolute Gasteiger partial charge is 0.310 e. The Bertz CT molecular complexity index is 897. The van der Waals surface area contributed by atoms with Crippen molar-refractivity contribution in [1.29, 1.82) is 0 Å². The Labute approximate surface area is 150 Å². The highest BCUT2D eigenvalue weighted by Crippen LogP contribution is 2.31. The van der Waals surface area contributed by atoms with E-state index in [0.717, 1.165) is 4.31 Å². The normalized spacial score (nSPS) is 21.5. The Morgan fingerprint density at radius 2 is 2.15 bits per heavy atom. The molecule has 2 heterocycles. The number of nitrogens with zero attached hydrogens (tertiary/aromatic N) is 3. The Morgan fingerprint density at radius 3 is 2.77 bits per heavy atom. The van der Waals surface area contributed by atoms with E-state index < -0.39 is 28.0 Å². The van der Waals surface area contributed by atoms with E-state index in [1.54, 1.807) is 24.5 Å². The maximum Gasteiger partial charge on any atom is 0.310 e. The summed E-state index contributed by atoms with van der Waals surface area (Å²) in [6.07, 6.45) is 2.23. The molecule has 0 bridgehead atoms. The highest BCUT2D eigenvalue weighted by molar-refractivity contribution is 7.89. The van der Waals surface area contributed by atoms with Gasteiger partial charge in [-0.3, -0.25) is 4.79 Å². The Hall–Kier alpha value is -2.43. The molecule has 0 saturated carbocycles. The van der Waals surface area contributed by atoms with Crippen molar-refractivity contribution in [3.05, 3.63) is 36.7 Å². The van der Waals surface area contributed by atoms with Crippen molar-refractivity contribution in [2.75, 3.05) is 20.2 Å². The molecule has 1 aliphatic heterocycles. The van der Waals surface area contributed by atoms with Gasteiger partial charge in [0.15, 0.2) is 0 Å². The van der Waals surface area contributed by atoms with Gasteiger partial charge in [-0.2, -0.15) is 9.40 Å². The summed E-state index contributed by atoms with van der Waals surface area (Å²) in [5.74, 6) is -2.24. The van der Waals surface area contributed by atoms with Crippen LogP contribution < -0.4 is 4.74 Å². The number of carboxylic acids is 1. The summed E-state index contributed by atoms with van der Waals surface area (Å²) in [6, 6.07) is 6.34. The molecule has 140 valence electrons. The van der Waals surface area contributed by atoms with Crippen molar-refractivity contribution in [1.82, 2.24) is 14.1 Å². The molecule has 3 rings (SSSR count). The van der Waals surface area contributed by atoms with E-state index in [1.807, 2.05) is 0 Å². The standard InChI is InChI=1S/C16H19N3O6S/c1-25-14-4-3-11(19-7-2-6-17-19)9-15(14)26(23,24)18-8-5-13(20)12(10-18)16(21)22/h2-4,6-7,9,12-13,20H,5,8,10H2,1H3,(H,21,22)/t12-,13+/m0/s1. The molecule has 1 saturated heterocycles. The summed E-state index contributed by atoms with van der Waals surface area (Å²) in [5.41, 5.74) is 0.529. The van der Waals surface area contributed by atoms with Gasteiger partial charge in [0.2, 0.25) is 10.0 Å². The SMILES string of the molecule is COc1ccc(-n2cccn2)cc1S(=O)(=O)N1CC[C@@H](O)[C@@H](C(=O)O)C1. The fraction of sp³-hybridized carbons (Fsp3) is 0.375. The van der Waals surface area contributed by atoms with Crippen molar-refractivity contribution in [2.45, 2.75) is 17.4 Å². The van der Waals surface area contributed by atoms with Gasteiger partial charge in [0.25, 0.3) is 0 Å². The largest absolute Gasteiger partial charge is 0.495 e. The topological polar surface area (TPSA) is 122 Å². The van der Waals surface area contributed by atoms with Gasteiger partial charge in [-0.15, -0.1) is 0 Å². The number of carboxylic acid groups (broad SMARTS) is 1. The summed E-state index contributed by atoms with van der Waals surface area (Å²) >= 11 is 0. The van der Waals surface area contributed by atoms with Crippen molar-refractivity contribution >= 4 is 16.0 Å². The molecular weight excluding hydrogens is 362 g/mol. The van der Waals surface area contributed by atoms with Gasteiger partial charge in [-0.25, -0.2) is 13.1 Å². The van der Waals surface area contributed by atoms with Crippen molar-refractivity contribution in [2.24, 2.45) is 5.92 Å². The Kier molecular flexibility index (Phi) is 4.99. The number of aromatic nitrogens is 2. The predicted molar refractivity (Wildman–Crippen MR) is 90.6 cm³/mol. The minimum atomic E-state index is -4.02. The number of aliphatic hydroxyl groups excluding tert-OH is 1. The Morgan fingerprint density at radius 1 is 1.38 bits per heavy atom. The van der Waals surface area contributed by atoms with E-state index in [1.165, 1.54) is 23.9 Å². The molecule has 0 unspecified atom stereocenters. The molecule has 1 fully saturated rings. The minimum Gasteiger partial charge on any atom is -0.495 e. The average Bonchev–Trinajstić information content (AvgIpc) is 3.15. The van der Waals surface area contributed by atoms with Gasteiger partial charge >= 0.3 is 5.97 Å². The summed E-state index contributed by atoms with van der Waals surface area (Å²) in [6.45, 7) is -0.267. The van der Waals surface area contributed by atoms with Crippen LogP contribution in [0.3, 0.4) is 0 Å². The third kappa shape index (κ3) is 3.30. The quantitative estimate of drug-likeness (QED) is 0.766. The molecule has 0 spiro atoms. The fourth-order valence-corrected chi connectivity index (χ4v) is 4.60. The highest BCUT2D eigenvalue weighted by atomic mass is 32.2. The maximum absolute atomic E-state index is 13.1. The lowest BCUT2D eigenvalue weighted by Crippen LogP contribution is -2.48. The molecule has 0 radical (unpaired) electrons. The van der Waals surface area contributed by atoms with Gasteiger partial charge in [0.1, 0.15) is 10.6 Å². The van der Waals surface area contributed by atoms with Gasteiger partial charge in [-0.1, -0.05) is 0 Å². The summed E-state index contributed by atoms with van der Waals surface area (Å²) in [7, 11) is -2.65. The number of hydrogen-bond donors (Lipinski definition) is 2. The zero-order chi connectivity index (χ0) is 18.9. The number of rotatable bonds is 5. The number of carbonyl (C=O) groups is 1. The van der Waals surface area contributed by atoms with Crippen LogP contribution in [0.25, 0.3) is 5.69 Å². The summed E-state index contributed by atoms with van der Waals surface area (Å²) in [4.78, 5) is 11.2. The average molecular weight is 381 g/mol. The van der Waals surface area contributed by atoms with E-state index in [-0.39, 0.29) is 30.2 Å². The molecule has 2 aromatic rings. The fourth-order valence-electron chi connectivity index (χ4n) is 2.94. The number of ether oxygens (including phenoxy) is 1. The van der Waals surface area contributed by atoms with Gasteiger partial charge < -0.3 is 14.9 Å². The Balaban J connectivity index is 2.01. The van der Waals surface area contributed by atoms with Crippen LogP contribution in [-0.2, 0) is 14.8 Å². The number of methoxy groups -OCH3 is 1. The second-order valence-electron chi connectivity index (χ2n) is 5.95. The lowest BCUT2D eigenvalue weighted by molar-refractivity contribution is -0.147. The second-order valence-corrected chi connectivity index (χ2v) is 7.86. The van der Waals surface area contributed by atoms with E-state index in [9.17, 15) is 23.4 Å². The van der Waals surface area contributed by atoms with Crippen LogP contribution in [0.15, 0.2) is 41.6 Å². The van der Waals surface area contributed by atoms with Crippen LogP contribution >= 0.6 is 0 Å². The zero-order valence-electron chi connectivity index (χ0n) is 14.0. The van der Waals surface area contributed by atoms with Crippen LogP contribution in [0.5, 0.6) is 5.75 Å². The van der Waals surface area contributed by atoms with Crippen LogP contribution in [-0.4, -0.2) is 65.0 Å². The molecular formula is C16H19N3O6S. The first-order chi connectivity index (χ1) is 12.3. The summed E-state index contributed by atoms with van der Waals surface area (Å²) in [5, 5.41) is 23.1. The molecule has 9 nitrogen and oxygen atoms in total. The number of hydrogen-bond acceptors (Lipinski definition) is 6. The molecule has 2 atom stereocenters. The molecule has 26 heavy (non-hydrogen) atoms. The molecule has 2 N–H and O–H groups in total. The van der Waals surface area contributed by atoms with Gasteiger partial charge in [-0.05, 0) is 30.7 Å². The van der Waals surface area contributed by atoms with Crippen molar-refractivity contribution in [3.8, 4) is 11.4 Å². The first-order valence-electron chi connectivity index (χ1n) is 7.93. The maximum atomic E-state index is 13.1. The second kappa shape index (κ2) is 7.06. The van der Waals surface area contributed by atoms with E-state index >= 15 is 0 Å². The van der Waals surface area contributed by atoms with Crippen molar-refractivity contribution < 1.29 is 28.2 Å². The van der Waals surface area contributed by atoms with E-state index in [0.29, 0.717) is 5.69 Å². The lowest BCUT2D eigenvalue weighted by atomic mass is 9.96. The monoisotopic (exact) mass is 381 g/mol. The lowest BCUT2D eigenvalue weighted by Gasteiger charge is -2.33. The zero-order valence-corrected chi connectivity index (χ0v) is 14.8. The molecule has 1 aromatic carbocycles. The third-order valence-electron chi connectivity index (χ3n) is 4.39. The number of sulfonamides is 1. The van der Waals surface area contributed by atoms with Crippen LogP contribution in [0, 0.1) is 5.92 Å². The van der Waals surface area contributed by atoms with Crippen LogP contribution in [0.1, 0.15) is 6.42 Å². The van der Waals surface area contributed by atoms with E-state index in [2.05, 4.69) is 5.10 Å². The minimum absolute atomic E-state index is 0.0302. The summed E-state index contributed by atoms with van der Waals surface area (Å²) < 4.78 is 34.0. The van der Waals surface area contributed by atoms with Crippen LogP contribution in [0.2, 0.25) is 0 Å². The molecule has 1 aromatic heterocycles.